The number of nitrogens with one attached hydrogen (secondary N) is 1. The third-order valence-electron chi connectivity index (χ3n) is 1.59. The summed E-state index contributed by atoms with van der Waals surface area (Å²) in [6, 6.07) is 0. The predicted molar refractivity (Wildman–Crippen MR) is 45.9 cm³/mol. The first-order valence-electron chi connectivity index (χ1n) is 4.34. The van der Waals surface area contributed by atoms with Crippen molar-refractivity contribution < 1.29 is 23.8 Å². The Morgan fingerprint density at radius 1 is 1.43 bits per heavy atom. The lowest BCUT2D eigenvalue weighted by Gasteiger charge is -2.10. The number of aliphatic hydroxyl groups is 2. The highest BCUT2D eigenvalue weighted by Gasteiger charge is 2.17. The molecule has 0 saturated heterocycles. The van der Waals surface area contributed by atoms with Crippen molar-refractivity contribution in [2.45, 2.75) is 38.4 Å². The first kappa shape index (κ1) is 13.2. The molecule has 0 aliphatic heterocycles. The molecule has 84 valence electrons. The second-order valence-corrected chi connectivity index (χ2v) is 3.09. The van der Waals surface area contributed by atoms with Crippen LogP contribution in [0.3, 0.4) is 0 Å². The lowest BCUT2D eigenvalue weighted by molar-refractivity contribution is -0.122. The molecule has 0 aromatic heterocycles. The van der Waals surface area contributed by atoms with Crippen LogP contribution in [0.5, 0.6) is 0 Å². The van der Waals surface area contributed by atoms with Crippen molar-refractivity contribution in [3.8, 4) is 0 Å². The minimum Gasteiger partial charge on any atom is -0.393 e. The molecule has 14 heavy (non-hydrogen) atoms. The Balaban J connectivity index is 3.54. The summed E-state index contributed by atoms with van der Waals surface area (Å²) in [5.74, 6) is -0.453. The van der Waals surface area contributed by atoms with Gasteiger partial charge in [-0.05, 0) is 13.3 Å². The first-order valence-corrected chi connectivity index (χ1v) is 4.34. The molecule has 0 aliphatic carbocycles. The molecular weight excluding hydrogens is 196 g/mol. The Hall–Kier alpha value is -0.750. The molecule has 6 heteroatoms. The van der Waals surface area contributed by atoms with Gasteiger partial charge in [0.25, 0.3) is 6.43 Å². The fourth-order valence-corrected chi connectivity index (χ4v) is 0.736. The van der Waals surface area contributed by atoms with Crippen LogP contribution >= 0.6 is 0 Å². The number of alkyl halides is 2. The highest BCUT2D eigenvalue weighted by Crippen LogP contribution is 1.99. The van der Waals surface area contributed by atoms with Gasteiger partial charge < -0.3 is 15.5 Å². The van der Waals surface area contributed by atoms with E-state index in [0.29, 0.717) is 0 Å². The van der Waals surface area contributed by atoms with Gasteiger partial charge in [0.2, 0.25) is 5.91 Å². The van der Waals surface area contributed by atoms with Crippen LogP contribution < -0.4 is 5.32 Å². The maximum Gasteiger partial charge on any atom is 0.265 e. The zero-order valence-corrected chi connectivity index (χ0v) is 7.91. The summed E-state index contributed by atoms with van der Waals surface area (Å²) < 4.78 is 23.5. The Labute approximate surface area is 80.9 Å². The second-order valence-electron chi connectivity index (χ2n) is 3.09. The summed E-state index contributed by atoms with van der Waals surface area (Å²) in [7, 11) is 0. The minimum atomic E-state index is -2.85. The minimum absolute atomic E-state index is 0.0631. The molecule has 0 aliphatic rings. The monoisotopic (exact) mass is 211 g/mol. The molecule has 2 atom stereocenters. The van der Waals surface area contributed by atoms with Crippen LogP contribution in [0.4, 0.5) is 8.78 Å². The van der Waals surface area contributed by atoms with Gasteiger partial charge in [-0.25, -0.2) is 8.78 Å². The van der Waals surface area contributed by atoms with Crippen LogP contribution in [0.1, 0.15) is 19.8 Å². The molecule has 0 radical (unpaired) electrons. The van der Waals surface area contributed by atoms with Gasteiger partial charge >= 0.3 is 0 Å². The molecule has 4 nitrogen and oxygen atoms in total. The molecular formula is C8H15F2NO3. The summed E-state index contributed by atoms with van der Waals surface area (Å²) in [6.07, 6.45) is -4.94. The number of rotatable bonds is 6. The number of carbonyl (C=O) groups excluding carboxylic acids is 1. The van der Waals surface area contributed by atoms with E-state index in [0.717, 1.165) is 0 Å². The average molecular weight is 211 g/mol. The molecule has 0 saturated carbocycles. The van der Waals surface area contributed by atoms with E-state index in [4.69, 9.17) is 10.2 Å². The fourth-order valence-electron chi connectivity index (χ4n) is 0.736. The molecule has 0 aromatic carbocycles. The maximum atomic E-state index is 11.8. The zero-order chi connectivity index (χ0) is 11.1. The van der Waals surface area contributed by atoms with Crippen LogP contribution in [0.15, 0.2) is 0 Å². The quantitative estimate of drug-likeness (QED) is 0.574. The summed E-state index contributed by atoms with van der Waals surface area (Å²) >= 11 is 0. The summed E-state index contributed by atoms with van der Waals surface area (Å²) in [5.41, 5.74) is 0. The van der Waals surface area contributed by atoms with E-state index in [1.807, 2.05) is 0 Å². The topological polar surface area (TPSA) is 69.6 Å². The molecule has 0 fully saturated rings. The van der Waals surface area contributed by atoms with Gasteiger partial charge in [-0.2, -0.15) is 0 Å². The Bertz CT molecular complexity index is 176. The molecule has 2 unspecified atom stereocenters. The van der Waals surface area contributed by atoms with Gasteiger partial charge in [0.05, 0.1) is 6.10 Å². The van der Waals surface area contributed by atoms with Gasteiger partial charge in [-0.15, -0.1) is 0 Å². The number of carbonyl (C=O) groups is 1. The van der Waals surface area contributed by atoms with Crippen LogP contribution in [0.25, 0.3) is 0 Å². The van der Waals surface area contributed by atoms with E-state index >= 15 is 0 Å². The van der Waals surface area contributed by atoms with Gasteiger partial charge in [0.1, 0.15) is 6.10 Å². The summed E-state index contributed by atoms with van der Waals surface area (Å²) in [4.78, 5) is 10.9. The van der Waals surface area contributed by atoms with Crippen molar-refractivity contribution in [3.63, 3.8) is 0 Å². The van der Waals surface area contributed by atoms with Crippen LogP contribution in [-0.2, 0) is 4.79 Å². The first-order chi connectivity index (χ1) is 6.43. The molecule has 0 spiro atoms. The third kappa shape index (κ3) is 6.73. The van der Waals surface area contributed by atoms with E-state index in [1.165, 1.54) is 6.92 Å². The molecule has 0 rings (SSSR count). The number of hydrogen-bond donors (Lipinski definition) is 3. The van der Waals surface area contributed by atoms with E-state index < -0.39 is 31.1 Å². The number of amides is 1. The van der Waals surface area contributed by atoms with Crippen molar-refractivity contribution in [2.75, 3.05) is 6.54 Å². The Morgan fingerprint density at radius 3 is 2.43 bits per heavy atom. The van der Waals surface area contributed by atoms with E-state index in [2.05, 4.69) is 5.32 Å². The largest absolute Gasteiger partial charge is 0.393 e. The summed E-state index contributed by atoms with van der Waals surface area (Å²) in [6.45, 7) is 1.07. The van der Waals surface area contributed by atoms with Crippen molar-refractivity contribution in [1.29, 1.82) is 0 Å². The molecule has 1 amide bonds. The lowest BCUT2D eigenvalue weighted by Crippen LogP contribution is -2.35. The smallest absolute Gasteiger partial charge is 0.265 e. The Kier molecular flexibility index (Phi) is 6.31. The molecule has 0 heterocycles. The van der Waals surface area contributed by atoms with Crippen LogP contribution in [0.2, 0.25) is 0 Å². The third-order valence-corrected chi connectivity index (χ3v) is 1.59. The molecule has 3 N–H and O–H groups in total. The van der Waals surface area contributed by atoms with Crippen molar-refractivity contribution >= 4 is 5.91 Å². The number of aliphatic hydroxyl groups excluding tert-OH is 2. The molecule has 0 aromatic rings. The van der Waals surface area contributed by atoms with Gasteiger partial charge in [-0.3, -0.25) is 4.79 Å². The van der Waals surface area contributed by atoms with Crippen molar-refractivity contribution in [2.24, 2.45) is 0 Å². The van der Waals surface area contributed by atoms with E-state index in [-0.39, 0.29) is 12.8 Å². The highest BCUT2D eigenvalue weighted by molar-refractivity contribution is 5.75. The fraction of sp³-hybridized carbons (Fsp3) is 0.875. The van der Waals surface area contributed by atoms with Crippen molar-refractivity contribution in [1.82, 2.24) is 5.32 Å². The second kappa shape index (κ2) is 6.67. The standard InChI is InChI=1S/C8H15F2NO3/c1-5(12)2-3-7(14)11-4-6(13)8(9)10/h5-6,8,12-13H,2-4H2,1H3,(H,11,14). The van der Waals surface area contributed by atoms with Crippen molar-refractivity contribution in [3.05, 3.63) is 0 Å². The van der Waals surface area contributed by atoms with Gasteiger partial charge in [-0.1, -0.05) is 0 Å². The maximum absolute atomic E-state index is 11.8. The van der Waals surface area contributed by atoms with Gasteiger partial charge in [0, 0.05) is 13.0 Å². The lowest BCUT2D eigenvalue weighted by atomic mass is 10.2. The Morgan fingerprint density at radius 2 is 2.00 bits per heavy atom. The van der Waals surface area contributed by atoms with E-state index in [1.54, 1.807) is 0 Å². The summed E-state index contributed by atoms with van der Waals surface area (Å²) in [5, 5.41) is 19.6. The van der Waals surface area contributed by atoms with E-state index in [9.17, 15) is 13.6 Å². The average Bonchev–Trinajstić information content (AvgIpc) is 2.10. The normalized spacial score (nSPS) is 15.3. The zero-order valence-electron chi connectivity index (χ0n) is 7.91. The number of halogens is 2. The number of hydrogen-bond acceptors (Lipinski definition) is 3. The SMILES string of the molecule is CC(O)CCC(=O)NCC(O)C(F)F. The highest BCUT2D eigenvalue weighted by atomic mass is 19.3. The molecule has 0 bridgehead atoms. The predicted octanol–water partition coefficient (Wildman–Crippen LogP) is -0.110. The van der Waals surface area contributed by atoms with Crippen LogP contribution in [0, 0.1) is 0 Å². The van der Waals surface area contributed by atoms with Crippen LogP contribution in [-0.4, -0.2) is 41.3 Å². The van der Waals surface area contributed by atoms with Gasteiger partial charge in [0.15, 0.2) is 0 Å².